The molecule has 2 aromatic heterocycles. The third-order valence-electron chi connectivity index (χ3n) is 2.96. The minimum Gasteiger partial charge on any atom is -0.497 e. The molecule has 21 heavy (non-hydrogen) atoms. The van der Waals surface area contributed by atoms with Crippen LogP contribution < -0.4 is 9.47 Å². The maximum atomic E-state index is 5.33. The largest absolute Gasteiger partial charge is 0.497 e. The van der Waals surface area contributed by atoms with Crippen molar-refractivity contribution in [2.75, 3.05) is 14.2 Å². The maximum Gasteiger partial charge on any atom is 0.262 e. The van der Waals surface area contributed by atoms with Gasteiger partial charge in [0, 0.05) is 12.3 Å². The minimum atomic E-state index is 0.371. The quantitative estimate of drug-likeness (QED) is 0.733. The lowest BCUT2D eigenvalue weighted by Gasteiger charge is -2.06. The third-order valence-corrected chi connectivity index (χ3v) is 2.96. The Hall–Kier alpha value is -2.89. The van der Waals surface area contributed by atoms with E-state index in [4.69, 9.17) is 14.0 Å². The van der Waals surface area contributed by atoms with E-state index >= 15 is 0 Å². The lowest BCUT2D eigenvalue weighted by atomic mass is 10.2. The van der Waals surface area contributed by atoms with Crippen molar-refractivity contribution in [3.63, 3.8) is 0 Å². The molecule has 0 saturated carbocycles. The summed E-state index contributed by atoms with van der Waals surface area (Å²) in [4.78, 5) is 8.54. The SMILES string of the molecule is COc1ccc(-c2nc(-c3ccccn3)no2)c(OC)c1. The number of pyridine rings is 1. The van der Waals surface area contributed by atoms with E-state index in [0.717, 1.165) is 0 Å². The summed E-state index contributed by atoms with van der Waals surface area (Å²) in [6.07, 6.45) is 1.68. The number of benzene rings is 1. The van der Waals surface area contributed by atoms with E-state index in [1.165, 1.54) is 0 Å². The van der Waals surface area contributed by atoms with Gasteiger partial charge in [-0.25, -0.2) is 0 Å². The molecule has 0 unspecified atom stereocenters. The molecule has 6 nitrogen and oxygen atoms in total. The number of methoxy groups -OCH3 is 2. The predicted molar refractivity (Wildman–Crippen MR) is 76.1 cm³/mol. The first-order valence-electron chi connectivity index (χ1n) is 6.29. The second kappa shape index (κ2) is 5.62. The van der Waals surface area contributed by atoms with Gasteiger partial charge < -0.3 is 14.0 Å². The molecule has 0 aliphatic rings. The van der Waals surface area contributed by atoms with Crippen molar-refractivity contribution >= 4 is 0 Å². The molecule has 0 aliphatic heterocycles. The molecule has 3 rings (SSSR count). The van der Waals surface area contributed by atoms with Crippen LogP contribution >= 0.6 is 0 Å². The summed E-state index contributed by atoms with van der Waals surface area (Å²) < 4.78 is 15.8. The Kier molecular flexibility index (Phi) is 3.51. The summed E-state index contributed by atoms with van der Waals surface area (Å²) in [6, 6.07) is 10.9. The average molecular weight is 283 g/mol. The van der Waals surface area contributed by atoms with Crippen molar-refractivity contribution in [2.24, 2.45) is 0 Å². The molecule has 0 atom stereocenters. The second-order valence-electron chi connectivity index (χ2n) is 4.20. The van der Waals surface area contributed by atoms with Gasteiger partial charge in [-0.15, -0.1) is 0 Å². The molecular formula is C15H13N3O3. The highest BCUT2D eigenvalue weighted by atomic mass is 16.5. The van der Waals surface area contributed by atoms with Crippen molar-refractivity contribution in [3.05, 3.63) is 42.6 Å². The zero-order chi connectivity index (χ0) is 14.7. The van der Waals surface area contributed by atoms with E-state index in [9.17, 15) is 0 Å². The maximum absolute atomic E-state index is 5.33. The first-order chi connectivity index (χ1) is 10.3. The Morgan fingerprint density at radius 1 is 1.05 bits per heavy atom. The molecule has 3 aromatic rings. The number of hydrogen-bond acceptors (Lipinski definition) is 6. The number of aromatic nitrogens is 3. The summed E-state index contributed by atoms with van der Waals surface area (Å²) >= 11 is 0. The van der Waals surface area contributed by atoms with Crippen LogP contribution in [0.15, 0.2) is 47.1 Å². The smallest absolute Gasteiger partial charge is 0.262 e. The van der Waals surface area contributed by atoms with Crippen molar-refractivity contribution in [1.29, 1.82) is 0 Å². The molecule has 6 heteroatoms. The van der Waals surface area contributed by atoms with E-state index in [-0.39, 0.29) is 0 Å². The highest BCUT2D eigenvalue weighted by Gasteiger charge is 2.15. The van der Waals surface area contributed by atoms with Gasteiger partial charge in [0.05, 0.1) is 19.8 Å². The van der Waals surface area contributed by atoms with Gasteiger partial charge in [-0.1, -0.05) is 11.2 Å². The zero-order valence-electron chi connectivity index (χ0n) is 11.6. The number of nitrogens with zero attached hydrogens (tertiary/aromatic N) is 3. The van der Waals surface area contributed by atoms with Crippen LogP contribution in [-0.2, 0) is 0 Å². The first-order valence-corrected chi connectivity index (χ1v) is 6.29. The lowest BCUT2D eigenvalue weighted by Crippen LogP contribution is -1.90. The molecule has 0 saturated heterocycles. The van der Waals surface area contributed by atoms with Gasteiger partial charge in [0.25, 0.3) is 5.89 Å². The van der Waals surface area contributed by atoms with Crippen LogP contribution in [0.5, 0.6) is 11.5 Å². The Morgan fingerprint density at radius 3 is 2.67 bits per heavy atom. The summed E-state index contributed by atoms with van der Waals surface area (Å²) in [5.74, 6) is 2.10. The molecular weight excluding hydrogens is 270 g/mol. The monoisotopic (exact) mass is 283 g/mol. The van der Waals surface area contributed by atoms with Gasteiger partial charge in [0.15, 0.2) is 0 Å². The average Bonchev–Trinajstić information content (AvgIpc) is 3.04. The van der Waals surface area contributed by atoms with Crippen LogP contribution in [0.3, 0.4) is 0 Å². The van der Waals surface area contributed by atoms with Crippen LogP contribution in [0.4, 0.5) is 0 Å². The van der Waals surface area contributed by atoms with E-state index in [2.05, 4.69) is 15.1 Å². The fourth-order valence-corrected chi connectivity index (χ4v) is 1.91. The van der Waals surface area contributed by atoms with Crippen LogP contribution in [0.25, 0.3) is 23.0 Å². The Morgan fingerprint density at radius 2 is 1.95 bits per heavy atom. The first kappa shape index (κ1) is 13.1. The fourth-order valence-electron chi connectivity index (χ4n) is 1.91. The van der Waals surface area contributed by atoms with Gasteiger partial charge in [0.1, 0.15) is 17.2 Å². The Balaban J connectivity index is 2.00. The molecule has 1 aromatic carbocycles. The molecule has 0 radical (unpaired) electrons. The Bertz CT molecular complexity index is 741. The Labute approximate surface area is 121 Å². The second-order valence-corrected chi connectivity index (χ2v) is 4.20. The molecule has 0 amide bonds. The molecule has 106 valence electrons. The van der Waals surface area contributed by atoms with Crippen molar-refractivity contribution < 1.29 is 14.0 Å². The summed E-state index contributed by atoms with van der Waals surface area (Å²) in [6.45, 7) is 0. The normalized spacial score (nSPS) is 10.4. The van der Waals surface area contributed by atoms with E-state index < -0.39 is 0 Å². The van der Waals surface area contributed by atoms with Crippen molar-refractivity contribution in [3.8, 4) is 34.5 Å². The molecule has 0 aliphatic carbocycles. The molecule has 0 spiro atoms. The number of ether oxygens (including phenoxy) is 2. The lowest BCUT2D eigenvalue weighted by molar-refractivity contribution is 0.391. The van der Waals surface area contributed by atoms with Gasteiger partial charge in [0.2, 0.25) is 5.82 Å². The van der Waals surface area contributed by atoms with Crippen LogP contribution in [0.2, 0.25) is 0 Å². The fraction of sp³-hybridized carbons (Fsp3) is 0.133. The minimum absolute atomic E-state index is 0.371. The number of hydrogen-bond donors (Lipinski definition) is 0. The van der Waals surface area contributed by atoms with E-state index in [1.54, 1.807) is 26.5 Å². The number of rotatable bonds is 4. The molecule has 0 N–H and O–H groups in total. The predicted octanol–water partition coefficient (Wildman–Crippen LogP) is 2.82. The molecule has 2 heterocycles. The van der Waals surface area contributed by atoms with Crippen molar-refractivity contribution in [2.45, 2.75) is 0 Å². The molecule has 0 bridgehead atoms. The van der Waals surface area contributed by atoms with Gasteiger partial charge >= 0.3 is 0 Å². The standard InChI is InChI=1S/C15H13N3O3/c1-19-10-6-7-11(13(9-10)20-2)15-17-14(18-21-15)12-5-3-4-8-16-12/h3-9H,1-2H3. The van der Waals surface area contributed by atoms with E-state index in [1.807, 2.05) is 30.3 Å². The summed E-state index contributed by atoms with van der Waals surface area (Å²) in [7, 11) is 3.18. The zero-order valence-corrected chi connectivity index (χ0v) is 11.6. The van der Waals surface area contributed by atoms with Crippen molar-refractivity contribution in [1.82, 2.24) is 15.1 Å². The summed E-state index contributed by atoms with van der Waals surface area (Å²) in [5.41, 5.74) is 1.35. The van der Waals surface area contributed by atoms with Crippen LogP contribution in [-0.4, -0.2) is 29.3 Å². The highest BCUT2D eigenvalue weighted by molar-refractivity contribution is 5.66. The van der Waals surface area contributed by atoms with Gasteiger partial charge in [-0.2, -0.15) is 4.98 Å². The summed E-state index contributed by atoms with van der Waals surface area (Å²) in [5, 5.41) is 3.95. The third kappa shape index (κ3) is 2.55. The van der Waals surface area contributed by atoms with Gasteiger partial charge in [-0.3, -0.25) is 4.98 Å². The van der Waals surface area contributed by atoms with E-state index in [0.29, 0.717) is 34.5 Å². The van der Waals surface area contributed by atoms with Crippen LogP contribution in [0.1, 0.15) is 0 Å². The van der Waals surface area contributed by atoms with Crippen LogP contribution in [0, 0.1) is 0 Å². The molecule has 0 fully saturated rings. The highest BCUT2D eigenvalue weighted by Crippen LogP contribution is 2.32. The topological polar surface area (TPSA) is 70.3 Å². The van der Waals surface area contributed by atoms with Gasteiger partial charge in [-0.05, 0) is 24.3 Å².